The van der Waals surface area contributed by atoms with Gasteiger partial charge in [0.05, 0.1) is 29.0 Å². The predicted molar refractivity (Wildman–Crippen MR) is 136 cm³/mol. The Morgan fingerprint density at radius 3 is 2.00 bits per heavy atom. The molecule has 1 saturated heterocycles. The number of aliphatic hydroxyl groups is 1. The summed E-state index contributed by atoms with van der Waals surface area (Å²) in [5, 5.41) is 34.2. The summed E-state index contributed by atoms with van der Waals surface area (Å²) in [4.78, 5) is 58.3. The second-order valence-corrected chi connectivity index (χ2v) is 9.02. The highest BCUT2D eigenvalue weighted by Crippen LogP contribution is 2.24. The molecule has 1 aliphatic heterocycles. The molecule has 0 aromatic heterocycles. The molecule has 0 bridgehead atoms. The van der Waals surface area contributed by atoms with Gasteiger partial charge < -0.3 is 29.5 Å². The summed E-state index contributed by atoms with van der Waals surface area (Å²) in [6, 6.07) is 10.4. The second-order valence-electron chi connectivity index (χ2n) is 9.02. The third kappa shape index (κ3) is 8.90. The van der Waals surface area contributed by atoms with E-state index in [1.54, 1.807) is 0 Å². The second kappa shape index (κ2) is 13.8. The van der Waals surface area contributed by atoms with E-state index in [1.807, 2.05) is 0 Å². The van der Waals surface area contributed by atoms with Crippen molar-refractivity contribution < 1.29 is 43.5 Å². The van der Waals surface area contributed by atoms with Crippen molar-refractivity contribution >= 4 is 29.5 Å². The van der Waals surface area contributed by atoms with Gasteiger partial charge in [0, 0.05) is 43.7 Å². The molecule has 1 fully saturated rings. The number of likely N-dealkylation sites (tertiary alicyclic amines) is 1. The summed E-state index contributed by atoms with van der Waals surface area (Å²) < 4.78 is 15.7. The van der Waals surface area contributed by atoms with E-state index in [-0.39, 0.29) is 50.5 Å². The lowest BCUT2D eigenvalue weighted by Gasteiger charge is -2.27. The van der Waals surface area contributed by atoms with Crippen molar-refractivity contribution in [2.24, 2.45) is 0 Å². The number of hydrogen-bond acceptors (Lipinski definition) is 11. The highest BCUT2D eigenvalue weighted by molar-refractivity contribution is 5.69. The van der Waals surface area contributed by atoms with E-state index in [2.05, 4.69) is 5.32 Å². The number of ether oxygens (including phenoxy) is 3. The first kappa shape index (κ1) is 29.8. The molecular weight excluding hydrogens is 532 g/mol. The third-order valence-corrected chi connectivity index (χ3v) is 6.00. The molecule has 214 valence electrons. The van der Waals surface area contributed by atoms with Crippen LogP contribution in [0, 0.1) is 20.2 Å². The number of benzene rings is 2. The molecule has 2 amide bonds. The van der Waals surface area contributed by atoms with E-state index >= 15 is 0 Å². The molecule has 0 aliphatic carbocycles. The minimum Gasteiger partial charge on any atom is -0.461 e. The number of β-amino-alcohol motifs (C(OH)–C–C–N with tert-alkyl or cyclic N) is 1. The quantitative estimate of drug-likeness (QED) is 0.177. The summed E-state index contributed by atoms with van der Waals surface area (Å²) in [5.41, 5.74) is 0.862. The topological polar surface area (TPSA) is 201 Å². The molecule has 3 rings (SSSR count). The number of nitro groups is 2. The zero-order valence-corrected chi connectivity index (χ0v) is 21.5. The highest BCUT2D eigenvalue weighted by Gasteiger charge is 2.37. The molecule has 0 radical (unpaired) electrons. The third-order valence-electron chi connectivity index (χ3n) is 6.00. The molecule has 15 heteroatoms. The molecular formula is C25H28N4O11. The summed E-state index contributed by atoms with van der Waals surface area (Å²) in [6.45, 7) is 0.745. The molecule has 0 spiro atoms. The Kier molecular flexibility index (Phi) is 10.3. The Morgan fingerprint density at radius 2 is 1.50 bits per heavy atom. The number of esters is 1. The van der Waals surface area contributed by atoms with Crippen molar-refractivity contribution in [3.63, 3.8) is 0 Å². The minimum atomic E-state index is -0.857. The number of carbonyl (C=O) groups excluding carboxylic acids is 3. The Balaban J connectivity index is 1.52. The number of amides is 2. The van der Waals surface area contributed by atoms with Crippen LogP contribution in [0.4, 0.5) is 21.0 Å². The lowest BCUT2D eigenvalue weighted by molar-refractivity contribution is -0.385. The van der Waals surface area contributed by atoms with Gasteiger partial charge in [-0.15, -0.1) is 0 Å². The van der Waals surface area contributed by atoms with Crippen molar-refractivity contribution in [3.05, 3.63) is 79.9 Å². The molecule has 40 heavy (non-hydrogen) atoms. The molecule has 2 aromatic rings. The van der Waals surface area contributed by atoms with E-state index in [4.69, 9.17) is 14.2 Å². The summed E-state index contributed by atoms with van der Waals surface area (Å²) >= 11 is 0. The Hall–Kier alpha value is -4.79. The monoisotopic (exact) mass is 560 g/mol. The SMILES string of the molecule is CC(=O)O[C@@H](CNC(=O)OCc1ccc([N+](=O)[O-])cc1)C[C@@H]1C[C@@H](O)CN1C(=O)OCc1ccc([N+](=O)[O-])cc1. The molecule has 15 nitrogen and oxygen atoms in total. The van der Waals surface area contributed by atoms with E-state index in [0.717, 1.165) is 0 Å². The van der Waals surface area contributed by atoms with Gasteiger partial charge >= 0.3 is 18.2 Å². The molecule has 1 heterocycles. The van der Waals surface area contributed by atoms with Crippen LogP contribution in [-0.4, -0.2) is 69.3 Å². The summed E-state index contributed by atoms with van der Waals surface area (Å²) in [5.74, 6) is -0.614. The van der Waals surface area contributed by atoms with Gasteiger partial charge in [0.2, 0.25) is 0 Å². The number of carbonyl (C=O) groups is 3. The van der Waals surface area contributed by atoms with Crippen molar-refractivity contribution in [2.75, 3.05) is 13.1 Å². The lowest BCUT2D eigenvalue weighted by atomic mass is 10.1. The van der Waals surface area contributed by atoms with Gasteiger partial charge in [-0.3, -0.25) is 25.0 Å². The number of hydrogen-bond donors (Lipinski definition) is 2. The number of nitrogens with zero attached hydrogens (tertiary/aromatic N) is 3. The Morgan fingerprint density at radius 1 is 0.975 bits per heavy atom. The minimum absolute atomic E-state index is 0.0126. The maximum absolute atomic E-state index is 12.7. The number of nitro benzene ring substituents is 2. The van der Waals surface area contributed by atoms with Crippen LogP contribution in [0.3, 0.4) is 0 Å². The summed E-state index contributed by atoms with van der Waals surface area (Å²) in [7, 11) is 0. The maximum atomic E-state index is 12.7. The average Bonchev–Trinajstić information content (AvgIpc) is 3.29. The van der Waals surface area contributed by atoms with Crippen LogP contribution < -0.4 is 5.32 Å². The van der Waals surface area contributed by atoms with Crippen LogP contribution in [-0.2, 0) is 32.2 Å². The van der Waals surface area contributed by atoms with Gasteiger partial charge in [-0.25, -0.2) is 9.59 Å². The van der Waals surface area contributed by atoms with Crippen molar-refractivity contribution in [1.29, 1.82) is 0 Å². The van der Waals surface area contributed by atoms with Crippen LogP contribution in [0.2, 0.25) is 0 Å². The zero-order valence-electron chi connectivity index (χ0n) is 21.5. The number of non-ortho nitro benzene ring substituents is 2. The molecule has 0 saturated carbocycles. The van der Waals surface area contributed by atoms with Crippen LogP contribution in [0.5, 0.6) is 0 Å². The van der Waals surface area contributed by atoms with Gasteiger partial charge in [0.25, 0.3) is 11.4 Å². The number of aliphatic hydroxyl groups excluding tert-OH is 1. The lowest BCUT2D eigenvalue weighted by Crippen LogP contribution is -2.42. The number of nitrogens with one attached hydrogen (secondary N) is 1. The fraction of sp³-hybridized carbons (Fsp3) is 0.400. The zero-order chi connectivity index (χ0) is 29.2. The Bertz CT molecular complexity index is 1220. The van der Waals surface area contributed by atoms with Gasteiger partial charge in [0.15, 0.2) is 0 Å². The standard InChI is InChI=1S/C25H28N4O11/c1-16(30)40-23(12-26-24(32)38-14-17-2-6-19(7-3-17)28(34)35)11-21-10-22(31)13-27(21)25(33)39-15-18-4-8-20(9-5-18)29(36)37/h2-9,21-23,31H,10-15H2,1H3,(H,26,32)/t21-,22+,23+/m0/s1. The van der Waals surface area contributed by atoms with Gasteiger partial charge in [-0.05, 0) is 41.8 Å². The van der Waals surface area contributed by atoms with Gasteiger partial charge in [-0.1, -0.05) is 0 Å². The summed E-state index contributed by atoms with van der Waals surface area (Å²) in [6.07, 6.45) is -2.96. The number of alkyl carbamates (subject to hydrolysis) is 1. The first-order valence-electron chi connectivity index (χ1n) is 12.2. The molecule has 2 aromatic carbocycles. The molecule has 3 atom stereocenters. The van der Waals surface area contributed by atoms with Crippen LogP contribution in [0.1, 0.15) is 30.9 Å². The van der Waals surface area contributed by atoms with Crippen molar-refractivity contribution in [2.45, 2.75) is 51.2 Å². The fourth-order valence-corrected chi connectivity index (χ4v) is 4.10. The highest BCUT2D eigenvalue weighted by atomic mass is 16.6. The maximum Gasteiger partial charge on any atom is 0.410 e. The van der Waals surface area contributed by atoms with Crippen LogP contribution >= 0.6 is 0 Å². The van der Waals surface area contributed by atoms with Crippen LogP contribution in [0.25, 0.3) is 0 Å². The first-order chi connectivity index (χ1) is 19.0. The van der Waals surface area contributed by atoms with Gasteiger partial charge in [0.1, 0.15) is 19.3 Å². The molecule has 2 N–H and O–H groups in total. The van der Waals surface area contributed by atoms with E-state index in [1.165, 1.54) is 60.4 Å². The normalized spacial score (nSPS) is 17.0. The first-order valence-corrected chi connectivity index (χ1v) is 12.2. The van der Waals surface area contributed by atoms with Crippen molar-refractivity contribution in [1.82, 2.24) is 10.2 Å². The fourth-order valence-electron chi connectivity index (χ4n) is 4.10. The van der Waals surface area contributed by atoms with Gasteiger partial charge in [-0.2, -0.15) is 0 Å². The number of rotatable bonds is 11. The predicted octanol–water partition coefficient (Wildman–Crippen LogP) is 2.82. The molecule has 0 unspecified atom stereocenters. The van der Waals surface area contributed by atoms with E-state index < -0.39 is 46.3 Å². The van der Waals surface area contributed by atoms with Crippen LogP contribution in [0.15, 0.2) is 48.5 Å². The van der Waals surface area contributed by atoms with E-state index in [0.29, 0.717) is 11.1 Å². The largest absolute Gasteiger partial charge is 0.461 e. The smallest absolute Gasteiger partial charge is 0.410 e. The van der Waals surface area contributed by atoms with E-state index in [9.17, 15) is 39.7 Å². The molecule has 1 aliphatic rings. The van der Waals surface area contributed by atoms with Crippen molar-refractivity contribution in [3.8, 4) is 0 Å². The average molecular weight is 561 g/mol. The Labute approximate surface area is 227 Å².